The molecule has 2 bridgehead atoms. The van der Waals surface area contributed by atoms with Crippen LogP contribution in [-0.2, 0) is 6.42 Å². The second kappa shape index (κ2) is 10.2. The summed E-state index contributed by atoms with van der Waals surface area (Å²) in [6, 6.07) is 5.64. The number of alkyl halides is 1. The van der Waals surface area contributed by atoms with Gasteiger partial charge in [0.05, 0.1) is 15.8 Å². The first-order valence-electron chi connectivity index (χ1n) is 15.2. The fourth-order valence-corrected chi connectivity index (χ4v) is 8.69. The molecule has 0 amide bonds. The Bertz CT molecular complexity index is 1740. The summed E-state index contributed by atoms with van der Waals surface area (Å²) < 4.78 is 52.7. The lowest BCUT2D eigenvalue weighted by atomic mass is 9.94. The minimum absolute atomic E-state index is 0.0909. The molecule has 4 aromatic rings. The molecule has 4 aliphatic heterocycles. The molecule has 0 radical (unpaired) electrons. The van der Waals surface area contributed by atoms with Gasteiger partial charge in [-0.3, -0.25) is 4.90 Å². The van der Waals surface area contributed by atoms with Crippen molar-refractivity contribution >= 4 is 43.4 Å². The number of nitrogens with zero attached hydrogens (tertiary/aromatic N) is 5. The van der Waals surface area contributed by atoms with Crippen LogP contribution in [0.2, 0.25) is 0 Å². The van der Waals surface area contributed by atoms with Crippen LogP contribution in [0.25, 0.3) is 32.2 Å². The molecule has 8 nitrogen and oxygen atoms in total. The van der Waals surface area contributed by atoms with E-state index in [0.717, 1.165) is 62.2 Å². The Labute approximate surface area is 251 Å². The largest absolute Gasteiger partial charge is 0.461 e. The zero-order chi connectivity index (χ0) is 29.5. The molecule has 6 heterocycles. The summed E-state index contributed by atoms with van der Waals surface area (Å²) >= 11 is 1.05. The second-order valence-electron chi connectivity index (χ2n) is 12.5. The normalized spacial score (nSPS) is 27.1. The number of halogens is 3. The quantitative estimate of drug-likeness (QED) is 0.307. The van der Waals surface area contributed by atoms with Gasteiger partial charge >= 0.3 is 6.01 Å². The highest BCUT2D eigenvalue weighted by Gasteiger charge is 2.49. The molecule has 43 heavy (non-hydrogen) atoms. The van der Waals surface area contributed by atoms with Crippen LogP contribution in [0, 0.1) is 11.6 Å². The Kier molecular flexibility index (Phi) is 6.46. The van der Waals surface area contributed by atoms with E-state index in [1.807, 2.05) is 13.0 Å². The van der Waals surface area contributed by atoms with Gasteiger partial charge in [-0.15, -0.1) is 0 Å². The summed E-state index contributed by atoms with van der Waals surface area (Å²) in [4.78, 5) is 18.3. The van der Waals surface area contributed by atoms with Crippen molar-refractivity contribution in [2.45, 2.75) is 69.2 Å². The molecular formula is C31H34F3N7OS. The van der Waals surface area contributed by atoms with E-state index in [2.05, 4.69) is 25.1 Å². The SMILES string of the molecule is CCc1cc2c(N3CC4CCC(C3)N4)nc(OCC34CCCN3C[C@H](F)C4)nc2c(F)c1-c1ccc(F)c2sc(N)nc12. The Morgan fingerprint density at radius 2 is 1.93 bits per heavy atom. The second-order valence-corrected chi connectivity index (χ2v) is 13.6. The summed E-state index contributed by atoms with van der Waals surface area (Å²) in [6.07, 6.45) is 4.10. The van der Waals surface area contributed by atoms with Gasteiger partial charge in [0.15, 0.2) is 10.9 Å². The first-order chi connectivity index (χ1) is 20.8. The van der Waals surface area contributed by atoms with Crippen molar-refractivity contribution in [3.05, 3.63) is 35.4 Å². The lowest BCUT2D eigenvalue weighted by Crippen LogP contribution is -2.51. The fraction of sp³-hybridized carbons (Fsp3) is 0.516. The van der Waals surface area contributed by atoms with Gasteiger partial charge in [-0.1, -0.05) is 18.3 Å². The van der Waals surface area contributed by atoms with E-state index in [1.54, 1.807) is 6.07 Å². The Morgan fingerprint density at radius 1 is 1.12 bits per heavy atom. The average Bonchev–Trinajstić information content (AvgIpc) is 3.74. The van der Waals surface area contributed by atoms with Gasteiger partial charge in [-0.2, -0.15) is 9.97 Å². The molecular weight excluding hydrogens is 575 g/mol. The summed E-state index contributed by atoms with van der Waals surface area (Å²) in [5.74, 6) is -0.314. The highest BCUT2D eigenvalue weighted by atomic mass is 32.1. The number of aromatic nitrogens is 3. The number of nitrogens with one attached hydrogen (secondary N) is 1. The van der Waals surface area contributed by atoms with Crippen molar-refractivity contribution in [3.63, 3.8) is 0 Å². The van der Waals surface area contributed by atoms with Crippen LogP contribution in [0.4, 0.5) is 24.1 Å². The molecule has 0 spiro atoms. The monoisotopic (exact) mass is 609 g/mol. The third-order valence-corrected chi connectivity index (χ3v) is 10.8. The van der Waals surface area contributed by atoms with E-state index in [-0.39, 0.29) is 28.8 Å². The molecule has 3 N–H and O–H groups in total. The number of rotatable bonds is 6. The molecule has 2 aromatic heterocycles. The van der Waals surface area contributed by atoms with Crippen LogP contribution in [0.5, 0.6) is 6.01 Å². The van der Waals surface area contributed by atoms with Crippen molar-refractivity contribution in [2.75, 3.05) is 43.4 Å². The number of aryl methyl sites for hydroxylation is 1. The maximum atomic E-state index is 17.0. The first kappa shape index (κ1) is 27.3. The van der Waals surface area contributed by atoms with Crippen LogP contribution < -0.4 is 20.7 Å². The van der Waals surface area contributed by atoms with Crippen molar-refractivity contribution in [1.29, 1.82) is 0 Å². The van der Waals surface area contributed by atoms with E-state index in [4.69, 9.17) is 15.5 Å². The van der Waals surface area contributed by atoms with Crippen LogP contribution >= 0.6 is 11.3 Å². The lowest BCUT2D eigenvalue weighted by Gasteiger charge is -2.35. The predicted octanol–water partition coefficient (Wildman–Crippen LogP) is 5.23. The minimum atomic E-state index is -0.881. The number of piperazine rings is 1. The smallest absolute Gasteiger partial charge is 0.319 e. The summed E-state index contributed by atoms with van der Waals surface area (Å²) in [6.45, 7) is 5.00. The number of ether oxygens (including phenoxy) is 1. The van der Waals surface area contributed by atoms with Gasteiger partial charge in [-0.25, -0.2) is 18.2 Å². The van der Waals surface area contributed by atoms with E-state index in [9.17, 15) is 8.78 Å². The molecule has 8 rings (SSSR count). The predicted molar refractivity (Wildman–Crippen MR) is 163 cm³/mol. The highest BCUT2D eigenvalue weighted by Crippen LogP contribution is 2.43. The molecule has 226 valence electrons. The molecule has 4 saturated heterocycles. The maximum Gasteiger partial charge on any atom is 0.319 e. The summed E-state index contributed by atoms with van der Waals surface area (Å²) in [7, 11) is 0. The fourth-order valence-electron chi connectivity index (χ4n) is 7.93. The molecule has 2 aromatic carbocycles. The zero-order valence-corrected chi connectivity index (χ0v) is 24.8. The van der Waals surface area contributed by atoms with Crippen LogP contribution in [0.1, 0.15) is 44.6 Å². The van der Waals surface area contributed by atoms with Gasteiger partial charge in [0.2, 0.25) is 0 Å². The third-order valence-electron chi connectivity index (χ3n) is 9.88. The number of anilines is 2. The lowest BCUT2D eigenvalue weighted by molar-refractivity contribution is 0.107. The van der Waals surface area contributed by atoms with Crippen molar-refractivity contribution in [3.8, 4) is 17.1 Å². The Morgan fingerprint density at radius 3 is 2.72 bits per heavy atom. The molecule has 0 saturated carbocycles. The van der Waals surface area contributed by atoms with Gasteiger partial charge in [0.1, 0.15) is 29.9 Å². The highest BCUT2D eigenvalue weighted by molar-refractivity contribution is 7.22. The number of nitrogens with two attached hydrogens (primary N) is 1. The van der Waals surface area contributed by atoms with Crippen LogP contribution in [0.15, 0.2) is 18.2 Å². The van der Waals surface area contributed by atoms with Gasteiger partial charge in [0.25, 0.3) is 0 Å². The molecule has 3 unspecified atom stereocenters. The molecule has 4 fully saturated rings. The number of hydrogen-bond acceptors (Lipinski definition) is 9. The van der Waals surface area contributed by atoms with E-state index in [1.165, 1.54) is 6.07 Å². The van der Waals surface area contributed by atoms with E-state index in [0.29, 0.717) is 64.0 Å². The summed E-state index contributed by atoms with van der Waals surface area (Å²) in [5.41, 5.74) is 7.62. The maximum absolute atomic E-state index is 17.0. The third kappa shape index (κ3) is 4.43. The van der Waals surface area contributed by atoms with Crippen molar-refractivity contribution < 1.29 is 17.9 Å². The zero-order valence-electron chi connectivity index (χ0n) is 24.0. The molecule has 4 atom stereocenters. The summed E-state index contributed by atoms with van der Waals surface area (Å²) in [5, 5.41) is 4.49. The van der Waals surface area contributed by atoms with E-state index >= 15 is 4.39 Å². The van der Waals surface area contributed by atoms with Gasteiger partial charge < -0.3 is 20.7 Å². The first-order valence-corrected chi connectivity index (χ1v) is 16.0. The standard InChI is InChI=1S/C31H34F3N7OS/c1-2-16-10-21-25(24(34)23(16)20-6-7-22(33)27-26(20)37-29(35)43-27)38-30(39-28(21)40-13-18-4-5-19(14-40)36-18)42-15-31-8-3-9-41(31)12-17(32)11-31/h6-7,10,17-19,36H,2-5,8-9,11-15H2,1H3,(H2,35,37)/t17-,18?,19?,31?/m1/s1. The number of thiazole rings is 1. The molecule has 0 aliphatic carbocycles. The average molecular weight is 610 g/mol. The van der Waals surface area contributed by atoms with Crippen molar-refractivity contribution in [1.82, 2.24) is 25.2 Å². The van der Waals surface area contributed by atoms with E-state index < -0.39 is 17.8 Å². The van der Waals surface area contributed by atoms with Crippen LogP contribution in [0.3, 0.4) is 0 Å². The number of benzene rings is 2. The number of fused-ring (bicyclic) bond motifs is 5. The van der Waals surface area contributed by atoms with Gasteiger partial charge in [-0.05, 0) is 62.4 Å². The Balaban J connectivity index is 1.28. The minimum Gasteiger partial charge on any atom is -0.461 e. The number of nitrogen functional groups attached to an aromatic ring is 1. The topological polar surface area (TPSA) is 92.4 Å². The molecule has 12 heteroatoms. The number of hydrogen-bond donors (Lipinski definition) is 2. The molecule has 4 aliphatic rings. The Hall–Kier alpha value is -3.22. The van der Waals surface area contributed by atoms with Crippen molar-refractivity contribution in [2.24, 2.45) is 0 Å². The van der Waals surface area contributed by atoms with Crippen LogP contribution in [-0.4, -0.2) is 76.4 Å². The van der Waals surface area contributed by atoms with Gasteiger partial charge in [0, 0.05) is 54.7 Å².